The Labute approximate surface area is 108 Å². The number of carbonyl (C=O) groups excluding carboxylic acids is 1. The maximum atomic E-state index is 12.0. The third kappa shape index (κ3) is 3.84. The summed E-state index contributed by atoms with van der Waals surface area (Å²) in [5.41, 5.74) is 4.47. The molecule has 5 heteroatoms. The number of ether oxygens (including phenoxy) is 1. The average molecular weight is 253 g/mol. The Morgan fingerprint density at radius 1 is 1.44 bits per heavy atom. The van der Waals surface area contributed by atoms with E-state index in [0.717, 1.165) is 12.2 Å². The summed E-state index contributed by atoms with van der Waals surface area (Å²) in [4.78, 5) is 16.2. The van der Waals surface area contributed by atoms with Crippen LogP contribution in [0.15, 0.2) is 12.4 Å². The van der Waals surface area contributed by atoms with E-state index in [0.29, 0.717) is 6.54 Å². The first kappa shape index (κ1) is 14.7. The summed E-state index contributed by atoms with van der Waals surface area (Å²) in [7, 11) is 0. The van der Waals surface area contributed by atoms with E-state index in [9.17, 15) is 4.79 Å². The number of esters is 1. The highest BCUT2D eigenvalue weighted by Crippen LogP contribution is 2.15. The van der Waals surface area contributed by atoms with Crippen LogP contribution in [-0.2, 0) is 22.5 Å². The molecule has 0 aliphatic rings. The Bertz CT molecular complexity index is 416. The first-order valence-corrected chi connectivity index (χ1v) is 6.18. The van der Waals surface area contributed by atoms with Crippen molar-refractivity contribution in [2.75, 3.05) is 0 Å². The zero-order valence-corrected chi connectivity index (χ0v) is 11.9. The molecule has 102 valence electrons. The molecular formula is C13H23N3O2. The van der Waals surface area contributed by atoms with Gasteiger partial charge in [0.1, 0.15) is 17.0 Å². The van der Waals surface area contributed by atoms with Gasteiger partial charge in [0.25, 0.3) is 0 Å². The van der Waals surface area contributed by atoms with E-state index in [1.54, 1.807) is 13.1 Å². The fourth-order valence-corrected chi connectivity index (χ4v) is 1.61. The molecule has 1 rings (SSSR count). The maximum absolute atomic E-state index is 12.0. The molecule has 0 amide bonds. The quantitative estimate of drug-likeness (QED) is 0.826. The standard InChI is InChI=1S/C13H23N3O2/c1-6-10-15-7-8-16(10)9-13(5,14)11(17)18-12(2,3)4/h7-8H,6,9,14H2,1-5H3. The van der Waals surface area contributed by atoms with Gasteiger partial charge in [-0.3, -0.25) is 0 Å². The van der Waals surface area contributed by atoms with Gasteiger partial charge in [-0.2, -0.15) is 0 Å². The first-order valence-electron chi connectivity index (χ1n) is 6.18. The van der Waals surface area contributed by atoms with E-state index in [-0.39, 0.29) is 0 Å². The lowest BCUT2D eigenvalue weighted by molar-refractivity contribution is -0.161. The number of aromatic nitrogens is 2. The van der Waals surface area contributed by atoms with Crippen LogP contribution in [0.25, 0.3) is 0 Å². The normalized spacial score (nSPS) is 15.2. The van der Waals surface area contributed by atoms with Gasteiger partial charge in [0.2, 0.25) is 0 Å². The summed E-state index contributed by atoms with van der Waals surface area (Å²) < 4.78 is 7.22. The molecule has 0 spiro atoms. The van der Waals surface area contributed by atoms with Crippen LogP contribution >= 0.6 is 0 Å². The fraction of sp³-hybridized carbons (Fsp3) is 0.692. The first-order chi connectivity index (χ1) is 8.15. The summed E-state index contributed by atoms with van der Waals surface area (Å²) in [5, 5.41) is 0. The van der Waals surface area contributed by atoms with Crippen molar-refractivity contribution in [3.8, 4) is 0 Å². The van der Waals surface area contributed by atoms with E-state index in [1.165, 1.54) is 0 Å². The van der Waals surface area contributed by atoms with Gasteiger partial charge in [-0.1, -0.05) is 6.92 Å². The van der Waals surface area contributed by atoms with Gasteiger partial charge >= 0.3 is 5.97 Å². The number of carbonyl (C=O) groups is 1. The summed E-state index contributed by atoms with van der Waals surface area (Å²) in [6.07, 6.45) is 4.34. The minimum absolute atomic E-state index is 0.366. The highest BCUT2D eigenvalue weighted by molar-refractivity contribution is 5.80. The van der Waals surface area contributed by atoms with Crippen LogP contribution in [0.5, 0.6) is 0 Å². The second kappa shape index (κ2) is 5.10. The lowest BCUT2D eigenvalue weighted by atomic mass is 10.0. The molecule has 0 saturated heterocycles. The highest BCUT2D eigenvalue weighted by atomic mass is 16.6. The van der Waals surface area contributed by atoms with Crippen LogP contribution in [0.2, 0.25) is 0 Å². The summed E-state index contributed by atoms with van der Waals surface area (Å²) in [6, 6.07) is 0. The number of aryl methyl sites for hydroxylation is 1. The summed E-state index contributed by atoms with van der Waals surface area (Å²) in [5.74, 6) is 0.515. The second-order valence-corrected chi connectivity index (χ2v) is 5.74. The van der Waals surface area contributed by atoms with E-state index < -0.39 is 17.1 Å². The molecule has 1 aromatic heterocycles. The average Bonchev–Trinajstić information content (AvgIpc) is 2.61. The van der Waals surface area contributed by atoms with Gasteiger partial charge in [0.15, 0.2) is 0 Å². The number of imidazole rings is 1. The molecule has 0 fully saturated rings. The molecule has 0 saturated carbocycles. The molecule has 0 aliphatic heterocycles. The highest BCUT2D eigenvalue weighted by Gasteiger charge is 2.34. The van der Waals surface area contributed by atoms with Crippen LogP contribution in [0.1, 0.15) is 40.4 Å². The predicted octanol–water partition coefficient (Wildman–Crippen LogP) is 1.50. The van der Waals surface area contributed by atoms with Gasteiger partial charge < -0.3 is 15.0 Å². The Kier molecular flexibility index (Phi) is 4.16. The van der Waals surface area contributed by atoms with Gasteiger partial charge in [-0.25, -0.2) is 9.78 Å². The zero-order valence-electron chi connectivity index (χ0n) is 11.9. The predicted molar refractivity (Wildman–Crippen MR) is 70.0 cm³/mol. The largest absolute Gasteiger partial charge is 0.459 e. The van der Waals surface area contributed by atoms with Crippen LogP contribution in [0.3, 0.4) is 0 Å². The monoisotopic (exact) mass is 253 g/mol. The number of rotatable bonds is 4. The van der Waals surface area contributed by atoms with E-state index in [4.69, 9.17) is 10.5 Å². The summed E-state index contributed by atoms with van der Waals surface area (Å²) >= 11 is 0. The van der Waals surface area contributed by atoms with Gasteiger partial charge in [-0.15, -0.1) is 0 Å². The van der Waals surface area contributed by atoms with Gasteiger partial charge in [0, 0.05) is 18.8 Å². The zero-order chi connectivity index (χ0) is 14.0. The third-order valence-electron chi connectivity index (χ3n) is 2.48. The van der Waals surface area contributed by atoms with Crippen molar-refractivity contribution in [1.82, 2.24) is 9.55 Å². The maximum Gasteiger partial charge on any atom is 0.328 e. The molecule has 1 aromatic rings. The third-order valence-corrected chi connectivity index (χ3v) is 2.48. The minimum Gasteiger partial charge on any atom is -0.459 e. The van der Waals surface area contributed by atoms with E-state index in [1.807, 2.05) is 38.5 Å². The number of nitrogens with two attached hydrogens (primary N) is 1. The molecule has 0 bridgehead atoms. The van der Waals surface area contributed by atoms with Crippen molar-refractivity contribution < 1.29 is 9.53 Å². The van der Waals surface area contributed by atoms with Crippen molar-refractivity contribution in [3.05, 3.63) is 18.2 Å². The molecular weight excluding hydrogens is 230 g/mol. The van der Waals surface area contributed by atoms with Crippen molar-refractivity contribution >= 4 is 5.97 Å². The van der Waals surface area contributed by atoms with E-state index >= 15 is 0 Å². The Morgan fingerprint density at radius 3 is 2.56 bits per heavy atom. The Morgan fingerprint density at radius 2 is 2.06 bits per heavy atom. The lowest BCUT2D eigenvalue weighted by Crippen LogP contribution is -2.51. The Balaban J connectivity index is 2.78. The van der Waals surface area contributed by atoms with Gasteiger partial charge in [-0.05, 0) is 27.7 Å². The van der Waals surface area contributed by atoms with Crippen LogP contribution in [-0.4, -0.2) is 26.7 Å². The van der Waals surface area contributed by atoms with Crippen molar-refractivity contribution in [3.63, 3.8) is 0 Å². The minimum atomic E-state index is -1.06. The number of hydrogen-bond donors (Lipinski definition) is 1. The van der Waals surface area contributed by atoms with Crippen molar-refractivity contribution in [2.24, 2.45) is 5.73 Å². The molecule has 1 unspecified atom stereocenters. The fourth-order valence-electron chi connectivity index (χ4n) is 1.61. The number of hydrogen-bond acceptors (Lipinski definition) is 4. The summed E-state index contributed by atoms with van der Waals surface area (Å²) in [6.45, 7) is 9.55. The molecule has 18 heavy (non-hydrogen) atoms. The molecule has 0 radical (unpaired) electrons. The molecule has 0 aromatic carbocycles. The number of nitrogens with zero attached hydrogens (tertiary/aromatic N) is 2. The van der Waals surface area contributed by atoms with E-state index in [2.05, 4.69) is 4.98 Å². The molecule has 1 atom stereocenters. The smallest absolute Gasteiger partial charge is 0.328 e. The van der Waals surface area contributed by atoms with Gasteiger partial charge in [0.05, 0.1) is 6.54 Å². The van der Waals surface area contributed by atoms with Crippen LogP contribution in [0, 0.1) is 0 Å². The Hall–Kier alpha value is -1.36. The molecule has 1 heterocycles. The van der Waals surface area contributed by atoms with Crippen molar-refractivity contribution in [1.29, 1.82) is 0 Å². The topological polar surface area (TPSA) is 70.1 Å². The van der Waals surface area contributed by atoms with Crippen LogP contribution < -0.4 is 5.73 Å². The van der Waals surface area contributed by atoms with Crippen LogP contribution in [0.4, 0.5) is 0 Å². The molecule has 0 aliphatic carbocycles. The molecule has 5 nitrogen and oxygen atoms in total. The second-order valence-electron chi connectivity index (χ2n) is 5.74. The lowest BCUT2D eigenvalue weighted by Gasteiger charge is -2.28. The van der Waals surface area contributed by atoms with Crippen molar-refractivity contribution in [2.45, 2.75) is 58.7 Å². The SMILES string of the molecule is CCc1nccn1CC(C)(N)C(=O)OC(C)(C)C. The molecule has 2 N–H and O–H groups in total.